The zero-order chi connectivity index (χ0) is 14.0. The maximum absolute atomic E-state index is 13.2. The molecule has 0 spiro atoms. The Morgan fingerprint density at radius 3 is 2.26 bits per heavy atom. The molecule has 3 heteroatoms. The summed E-state index contributed by atoms with van der Waals surface area (Å²) in [5, 5.41) is 0. The summed E-state index contributed by atoms with van der Waals surface area (Å²) in [5.41, 5.74) is 2.78. The molecule has 0 radical (unpaired) electrons. The molecule has 0 saturated heterocycles. The number of benzene rings is 2. The Kier molecular flexibility index (Phi) is 3.65. The van der Waals surface area contributed by atoms with E-state index in [9.17, 15) is 9.18 Å². The summed E-state index contributed by atoms with van der Waals surface area (Å²) in [7, 11) is 3.88. The molecule has 0 saturated carbocycles. The monoisotopic (exact) mass is 257 g/mol. The molecule has 0 aliphatic heterocycles. The molecule has 0 bridgehead atoms. The average Bonchev–Trinajstić information content (AvgIpc) is 2.41. The largest absolute Gasteiger partial charge is 0.378 e. The van der Waals surface area contributed by atoms with Crippen LogP contribution in [0, 0.1) is 12.7 Å². The fourth-order valence-electron chi connectivity index (χ4n) is 1.91. The highest BCUT2D eigenvalue weighted by Gasteiger charge is 2.12. The molecule has 2 aromatic carbocycles. The van der Waals surface area contributed by atoms with E-state index in [1.165, 1.54) is 12.1 Å². The van der Waals surface area contributed by atoms with Crippen molar-refractivity contribution in [1.82, 2.24) is 0 Å². The molecule has 0 aromatic heterocycles. The van der Waals surface area contributed by atoms with Gasteiger partial charge in [0, 0.05) is 30.9 Å². The van der Waals surface area contributed by atoms with Crippen LogP contribution in [-0.4, -0.2) is 19.9 Å². The Morgan fingerprint density at radius 1 is 1.05 bits per heavy atom. The third kappa shape index (κ3) is 2.81. The first-order chi connectivity index (χ1) is 8.99. The van der Waals surface area contributed by atoms with Crippen molar-refractivity contribution >= 4 is 11.5 Å². The van der Waals surface area contributed by atoms with E-state index in [-0.39, 0.29) is 11.6 Å². The third-order valence-corrected chi connectivity index (χ3v) is 3.09. The van der Waals surface area contributed by atoms with Crippen molar-refractivity contribution in [3.8, 4) is 0 Å². The first-order valence-corrected chi connectivity index (χ1v) is 6.07. The molecular weight excluding hydrogens is 241 g/mol. The Hall–Kier alpha value is -2.16. The topological polar surface area (TPSA) is 20.3 Å². The number of hydrogen-bond acceptors (Lipinski definition) is 2. The van der Waals surface area contributed by atoms with Gasteiger partial charge < -0.3 is 4.90 Å². The van der Waals surface area contributed by atoms with E-state index in [0.29, 0.717) is 11.1 Å². The van der Waals surface area contributed by atoms with Crippen molar-refractivity contribution in [3.05, 3.63) is 65.0 Å². The Balaban J connectivity index is 2.36. The predicted octanol–water partition coefficient (Wildman–Crippen LogP) is 3.43. The molecule has 0 N–H and O–H groups in total. The summed E-state index contributed by atoms with van der Waals surface area (Å²) in [6, 6.07) is 11.6. The zero-order valence-corrected chi connectivity index (χ0v) is 11.3. The number of ketones is 1. The van der Waals surface area contributed by atoms with Gasteiger partial charge in [-0.15, -0.1) is 0 Å². The number of hydrogen-bond donors (Lipinski definition) is 0. The van der Waals surface area contributed by atoms with Crippen molar-refractivity contribution in [2.24, 2.45) is 0 Å². The van der Waals surface area contributed by atoms with Crippen LogP contribution >= 0.6 is 0 Å². The van der Waals surface area contributed by atoms with Gasteiger partial charge in [0.2, 0.25) is 0 Å². The molecule has 0 aliphatic carbocycles. The van der Waals surface area contributed by atoms with Crippen LogP contribution in [0.3, 0.4) is 0 Å². The van der Waals surface area contributed by atoms with Crippen molar-refractivity contribution in [3.63, 3.8) is 0 Å². The molecule has 19 heavy (non-hydrogen) atoms. The highest BCUT2D eigenvalue weighted by molar-refractivity contribution is 6.10. The van der Waals surface area contributed by atoms with Gasteiger partial charge in [-0.3, -0.25) is 4.79 Å². The first-order valence-electron chi connectivity index (χ1n) is 6.07. The highest BCUT2D eigenvalue weighted by Crippen LogP contribution is 2.18. The van der Waals surface area contributed by atoms with Crippen LogP contribution in [0.15, 0.2) is 42.5 Å². The summed E-state index contributed by atoms with van der Waals surface area (Å²) in [5.74, 6) is -0.541. The zero-order valence-electron chi connectivity index (χ0n) is 11.3. The van der Waals surface area contributed by atoms with Crippen molar-refractivity contribution < 1.29 is 9.18 Å². The van der Waals surface area contributed by atoms with Crippen LogP contribution in [0.2, 0.25) is 0 Å². The number of nitrogens with zero attached hydrogens (tertiary/aromatic N) is 1. The van der Waals surface area contributed by atoms with E-state index in [1.807, 2.05) is 31.1 Å². The lowest BCUT2D eigenvalue weighted by Crippen LogP contribution is -2.09. The minimum Gasteiger partial charge on any atom is -0.378 e. The maximum atomic E-state index is 13.2. The average molecular weight is 257 g/mol. The Morgan fingerprint density at radius 2 is 1.68 bits per heavy atom. The van der Waals surface area contributed by atoms with Gasteiger partial charge in [-0.1, -0.05) is 6.07 Å². The van der Waals surface area contributed by atoms with E-state index in [1.54, 1.807) is 25.1 Å². The van der Waals surface area contributed by atoms with E-state index >= 15 is 0 Å². The number of carbonyl (C=O) groups excluding carboxylic acids is 1. The van der Waals surface area contributed by atoms with E-state index in [0.717, 1.165) is 11.3 Å². The number of aryl methyl sites for hydroxylation is 1. The number of carbonyl (C=O) groups is 1. The van der Waals surface area contributed by atoms with Crippen molar-refractivity contribution in [2.75, 3.05) is 19.0 Å². The second kappa shape index (κ2) is 5.22. The molecule has 0 amide bonds. The standard InChI is InChI=1S/C16H16FNO/c1-11-4-7-13(17)10-15(11)16(19)12-5-8-14(9-6-12)18(2)3/h4-10H,1-3H3. The summed E-state index contributed by atoms with van der Waals surface area (Å²) in [6.45, 7) is 1.81. The molecule has 0 heterocycles. The second-order valence-corrected chi connectivity index (χ2v) is 4.73. The van der Waals surface area contributed by atoms with Gasteiger partial charge in [-0.2, -0.15) is 0 Å². The third-order valence-electron chi connectivity index (χ3n) is 3.09. The molecule has 0 atom stereocenters. The van der Waals surface area contributed by atoms with E-state index < -0.39 is 0 Å². The quantitative estimate of drug-likeness (QED) is 0.785. The SMILES string of the molecule is Cc1ccc(F)cc1C(=O)c1ccc(N(C)C)cc1. The van der Waals surface area contributed by atoms with Gasteiger partial charge in [-0.05, 0) is 48.9 Å². The van der Waals surface area contributed by atoms with Crippen molar-refractivity contribution in [2.45, 2.75) is 6.92 Å². The molecule has 0 aliphatic rings. The number of anilines is 1. The van der Waals surface area contributed by atoms with Crippen LogP contribution < -0.4 is 4.90 Å². The van der Waals surface area contributed by atoms with Gasteiger partial charge >= 0.3 is 0 Å². The summed E-state index contributed by atoms with van der Waals surface area (Å²) < 4.78 is 13.2. The second-order valence-electron chi connectivity index (χ2n) is 4.73. The lowest BCUT2D eigenvalue weighted by molar-refractivity contribution is 0.103. The molecule has 2 nitrogen and oxygen atoms in total. The van der Waals surface area contributed by atoms with Crippen LogP contribution in [0.25, 0.3) is 0 Å². The molecule has 2 rings (SSSR count). The number of halogens is 1. The maximum Gasteiger partial charge on any atom is 0.193 e. The lowest BCUT2D eigenvalue weighted by atomic mass is 9.99. The minimum atomic E-state index is -0.390. The van der Waals surface area contributed by atoms with Crippen molar-refractivity contribution in [1.29, 1.82) is 0 Å². The first kappa shape index (κ1) is 13.3. The fraction of sp³-hybridized carbons (Fsp3) is 0.188. The Bertz CT molecular complexity index is 603. The number of rotatable bonds is 3. The molecule has 0 fully saturated rings. The molecule has 0 unspecified atom stereocenters. The Labute approximate surface area is 112 Å². The minimum absolute atomic E-state index is 0.151. The van der Waals surface area contributed by atoms with E-state index in [2.05, 4.69) is 0 Å². The lowest BCUT2D eigenvalue weighted by Gasteiger charge is -2.12. The highest BCUT2D eigenvalue weighted by atomic mass is 19.1. The van der Waals surface area contributed by atoms with Crippen LogP contribution in [0.4, 0.5) is 10.1 Å². The van der Waals surface area contributed by atoms with Gasteiger partial charge in [0.25, 0.3) is 0 Å². The van der Waals surface area contributed by atoms with Crippen LogP contribution in [0.1, 0.15) is 21.5 Å². The fourth-order valence-corrected chi connectivity index (χ4v) is 1.91. The molecule has 2 aromatic rings. The van der Waals surface area contributed by atoms with Gasteiger partial charge in [0.1, 0.15) is 5.82 Å². The molecular formula is C16H16FNO. The van der Waals surface area contributed by atoms with Gasteiger partial charge in [0.15, 0.2) is 5.78 Å². The summed E-state index contributed by atoms with van der Waals surface area (Å²) in [6.07, 6.45) is 0. The van der Waals surface area contributed by atoms with E-state index in [4.69, 9.17) is 0 Å². The van der Waals surface area contributed by atoms with Crippen LogP contribution in [0.5, 0.6) is 0 Å². The normalized spacial score (nSPS) is 10.3. The van der Waals surface area contributed by atoms with Crippen LogP contribution in [-0.2, 0) is 0 Å². The smallest absolute Gasteiger partial charge is 0.193 e. The predicted molar refractivity (Wildman–Crippen MR) is 75.3 cm³/mol. The summed E-state index contributed by atoms with van der Waals surface area (Å²) in [4.78, 5) is 14.3. The summed E-state index contributed by atoms with van der Waals surface area (Å²) >= 11 is 0. The molecule has 98 valence electrons. The van der Waals surface area contributed by atoms with Gasteiger partial charge in [0.05, 0.1) is 0 Å². The van der Waals surface area contributed by atoms with Gasteiger partial charge in [-0.25, -0.2) is 4.39 Å².